The number of aliphatic hydroxyl groups is 1. The Bertz CT molecular complexity index is 1520. The number of likely N-dealkylation sites (tertiary alicyclic amines) is 1. The average molecular weight is 553 g/mol. The molecule has 0 unspecified atom stereocenters. The van der Waals surface area contributed by atoms with Gasteiger partial charge < -0.3 is 19.3 Å². The van der Waals surface area contributed by atoms with E-state index in [1.165, 1.54) is 11.1 Å². The number of amides is 1. The summed E-state index contributed by atoms with van der Waals surface area (Å²) >= 11 is 0. The van der Waals surface area contributed by atoms with Crippen LogP contribution in [0, 0.1) is 0 Å². The molecule has 0 atom stereocenters. The Kier molecular flexibility index (Phi) is 8.23. The van der Waals surface area contributed by atoms with Crippen molar-refractivity contribution in [1.29, 1.82) is 0 Å². The summed E-state index contributed by atoms with van der Waals surface area (Å²) in [7, 11) is 0. The van der Waals surface area contributed by atoms with Crippen LogP contribution in [-0.2, 0) is 17.8 Å². The van der Waals surface area contributed by atoms with Crippen LogP contribution >= 0.6 is 0 Å². The highest BCUT2D eigenvalue weighted by atomic mass is 16.5. The molecule has 1 N–H and O–H groups in total. The van der Waals surface area contributed by atoms with E-state index in [9.17, 15) is 9.59 Å². The molecule has 4 aromatic rings. The quantitative estimate of drug-likeness (QED) is 0.331. The SMILES string of the molecule is O=C(CO)c1ccc(Cn2ccc3cc(C4CCN(C(=O)c5cccc(CN6CCOCC6)c5)CC4)cnc32)cc1. The molecule has 212 valence electrons. The second-order valence-corrected chi connectivity index (χ2v) is 11.1. The van der Waals surface area contributed by atoms with Gasteiger partial charge in [0.1, 0.15) is 12.3 Å². The van der Waals surface area contributed by atoms with Gasteiger partial charge >= 0.3 is 0 Å². The Morgan fingerprint density at radius 3 is 2.41 bits per heavy atom. The molecule has 0 saturated carbocycles. The molecule has 0 radical (unpaired) electrons. The number of benzene rings is 2. The monoisotopic (exact) mass is 552 g/mol. The number of aliphatic hydroxyl groups excluding tert-OH is 1. The van der Waals surface area contributed by atoms with Gasteiger partial charge in [0, 0.05) is 68.2 Å². The predicted molar refractivity (Wildman–Crippen MR) is 157 cm³/mol. The molecule has 2 aliphatic rings. The molecule has 2 aromatic heterocycles. The zero-order chi connectivity index (χ0) is 28.2. The fraction of sp³-hybridized carbons (Fsp3) is 0.364. The number of piperidine rings is 1. The molecule has 0 spiro atoms. The summed E-state index contributed by atoms with van der Waals surface area (Å²) < 4.78 is 7.56. The highest BCUT2D eigenvalue weighted by molar-refractivity contribution is 5.97. The standard InChI is InChI=1S/C33H36N4O4/c38-23-31(39)27-6-4-24(5-7-27)22-37-13-10-28-19-30(20-34-32(28)37)26-8-11-36(12-9-26)33(40)29-3-1-2-25(18-29)21-35-14-16-41-17-15-35/h1-7,10,13,18-20,26,38H,8-9,11-12,14-17,21-23H2. The van der Waals surface area contributed by atoms with Crippen LogP contribution in [0.25, 0.3) is 11.0 Å². The van der Waals surface area contributed by atoms with Gasteiger partial charge in [0.15, 0.2) is 5.78 Å². The lowest BCUT2D eigenvalue weighted by Crippen LogP contribution is -2.38. The molecule has 2 aliphatic heterocycles. The first-order valence-corrected chi connectivity index (χ1v) is 14.4. The van der Waals surface area contributed by atoms with E-state index in [0.29, 0.717) is 18.0 Å². The van der Waals surface area contributed by atoms with Crippen LogP contribution in [0.3, 0.4) is 0 Å². The van der Waals surface area contributed by atoms with Crippen molar-refractivity contribution in [1.82, 2.24) is 19.4 Å². The molecule has 0 aliphatic carbocycles. The van der Waals surface area contributed by atoms with Crippen LogP contribution in [0.15, 0.2) is 73.1 Å². The van der Waals surface area contributed by atoms with Gasteiger partial charge in [0.2, 0.25) is 0 Å². The van der Waals surface area contributed by atoms with Crippen molar-refractivity contribution >= 4 is 22.7 Å². The maximum atomic E-state index is 13.3. The van der Waals surface area contributed by atoms with Crippen LogP contribution in [-0.4, -0.2) is 82.1 Å². The Labute approximate surface area is 240 Å². The molecule has 2 aromatic carbocycles. The molecule has 6 rings (SSSR count). The van der Waals surface area contributed by atoms with Gasteiger partial charge in [-0.2, -0.15) is 0 Å². The first-order valence-electron chi connectivity index (χ1n) is 14.4. The molecule has 41 heavy (non-hydrogen) atoms. The number of carbonyl (C=O) groups excluding carboxylic acids is 2. The third-order valence-electron chi connectivity index (χ3n) is 8.33. The zero-order valence-corrected chi connectivity index (χ0v) is 23.2. The van der Waals surface area contributed by atoms with E-state index in [1.807, 2.05) is 41.6 Å². The summed E-state index contributed by atoms with van der Waals surface area (Å²) in [6, 6.07) is 19.8. The summed E-state index contributed by atoms with van der Waals surface area (Å²) in [4.78, 5) is 34.2. The third-order valence-corrected chi connectivity index (χ3v) is 8.33. The normalized spacial score (nSPS) is 16.8. The number of nitrogens with zero attached hydrogens (tertiary/aromatic N) is 4. The van der Waals surface area contributed by atoms with Crippen molar-refractivity contribution in [3.8, 4) is 0 Å². The molecule has 4 heterocycles. The number of hydrogen-bond donors (Lipinski definition) is 1. The van der Waals surface area contributed by atoms with Crippen molar-refractivity contribution in [2.45, 2.75) is 31.8 Å². The molecule has 8 nitrogen and oxygen atoms in total. The number of hydrogen-bond acceptors (Lipinski definition) is 6. The van der Waals surface area contributed by atoms with Gasteiger partial charge in [-0.3, -0.25) is 14.5 Å². The molecular weight excluding hydrogens is 516 g/mol. The van der Waals surface area contributed by atoms with Gasteiger partial charge in [-0.25, -0.2) is 4.98 Å². The lowest BCUT2D eigenvalue weighted by Gasteiger charge is -2.32. The van der Waals surface area contributed by atoms with E-state index in [4.69, 9.17) is 14.8 Å². The summed E-state index contributed by atoms with van der Waals surface area (Å²) in [6.45, 7) is 5.91. The maximum absolute atomic E-state index is 13.3. The Morgan fingerprint density at radius 1 is 0.878 bits per heavy atom. The van der Waals surface area contributed by atoms with Crippen LogP contribution in [0.4, 0.5) is 0 Å². The first kappa shape index (κ1) is 27.3. The lowest BCUT2D eigenvalue weighted by molar-refractivity contribution is 0.0341. The van der Waals surface area contributed by atoms with Gasteiger partial charge in [-0.1, -0.05) is 36.4 Å². The smallest absolute Gasteiger partial charge is 0.253 e. The second-order valence-electron chi connectivity index (χ2n) is 11.1. The third kappa shape index (κ3) is 6.25. The van der Waals surface area contributed by atoms with Crippen LogP contribution in [0.5, 0.6) is 0 Å². The van der Waals surface area contributed by atoms with E-state index in [-0.39, 0.29) is 11.7 Å². The first-order chi connectivity index (χ1) is 20.1. The maximum Gasteiger partial charge on any atom is 0.253 e. The van der Waals surface area contributed by atoms with Crippen LogP contribution < -0.4 is 0 Å². The topological polar surface area (TPSA) is 87.9 Å². The van der Waals surface area contributed by atoms with Gasteiger partial charge in [0.25, 0.3) is 5.91 Å². The molecule has 2 fully saturated rings. The highest BCUT2D eigenvalue weighted by Crippen LogP contribution is 2.30. The van der Waals surface area contributed by atoms with Crippen molar-refractivity contribution in [3.63, 3.8) is 0 Å². The van der Waals surface area contributed by atoms with E-state index < -0.39 is 6.61 Å². The van der Waals surface area contributed by atoms with Gasteiger partial charge in [-0.05, 0) is 59.7 Å². The summed E-state index contributed by atoms with van der Waals surface area (Å²) in [6.07, 6.45) is 5.87. The van der Waals surface area contributed by atoms with E-state index in [2.05, 4.69) is 33.7 Å². The van der Waals surface area contributed by atoms with E-state index in [0.717, 1.165) is 80.9 Å². The fourth-order valence-electron chi connectivity index (χ4n) is 5.95. The van der Waals surface area contributed by atoms with Crippen LogP contribution in [0.1, 0.15) is 56.2 Å². The number of aromatic nitrogens is 2. The zero-order valence-electron chi connectivity index (χ0n) is 23.2. The highest BCUT2D eigenvalue weighted by Gasteiger charge is 2.25. The lowest BCUT2D eigenvalue weighted by atomic mass is 9.90. The molecular formula is C33H36N4O4. The summed E-state index contributed by atoms with van der Waals surface area (Å²) in [5.74, 6) is 0.219. The Balaban J connectivity index is 1.06. The molecule has 1 amide bonds. The summed E-state index contributed by atoms with van der Waals surface area (Å²) in [5.41, 5.74) is 5.67. The average Bonchev–Trinajstić information content (AvgIpc) is 3.43. The van der Waals surface area contributed by atoms with Crippen molar-refractivity contribution in [2.75, 3.05) is 46.0 Å². The minimum absolute atomic E-state index is 0.117. The number of ketones is 1. The minimum Gasteiger partial charge on any atom is -0.388 e. The molecule has 0 bridgehead atoms. The van der Waals surface area contributed by atoms with Crippen molar-refractivity contribution in [3.05, 3.63) is 101 Å². The predicted octanol–water partition coefficient (Wildman–Crippen LogP) is 4.11. The Morgan fingerprint density at radius 2 is 1.66 bits per heavy atom. The summed E-state index contributed by atoms with van der Waals surface area (Å²) in [5, 5.41) is 10.2. The number of rotatable bonds is 8. The minimum atomic E-state index is -0.479. The van der Waals surface area contributed by atoms with E-state index >= 15 is 0 Å². The van der Waals surface area contributed by atoms with Gasteiger partial charge in [0.05, 0.1) is 13.2 Å². The van der Waals surface area contributed by atoms with Crippen LogP contribution in [0.2, 0.25) is 0 Å². The fourth-order valence-corrected chi connectivity index (χ4v) is 5.95. The number of pyridine rings is 1. The largest absolute Gasteiger partial charge is 0.388 e. The molecule has 2 saturated heterocycles. The Hall–Kier alpha value is -3.85. The number of Topliss-reactive ketones (excluding diaryl/α,β-unsaturated/α-hetero) is 1. The van der Waals surface area contributed by atoms with Crippen molar-refractivity contribution < 1.29 is 19.4 Å². The number of fused-ring (bicyclic) bond motifs is 1. The second kappa shape index (κ2) is 12.3. The van der Waals surface area contributed by atoms with Gasteiger partial charge in [-0.15, -0.1) is 0 Å². The number of morpholine rings is 1. The number of carbonyl (C=O) groups is 2. The number of ether oxygens (including phenoxy) is 1. The van der Waals surface area contributed by atoms with E-state index in [1.54, 1.807) is 12.1 Å². The van der Waals surface area contributed by atoms with Crippen molar-refractivity contribution in [2.24, 2.45) is 0 Å². The molecule has 8 heteroatoms.